The van der Waals surface area contributed by atoms with E-state index in [1.54, 1.807) is 0 Å². The van der Waals surface area contributed by atoms with Gasteiger partial charge in [0.05, 0.1) is 0 Å². The number of benzene rings is 1. The lowest BCUT2D eigenvalue weighted by Crippen LogP contribution is -2.33. The summed E-state index contributed by atoms with van der Waals surface area (Å²) in [4.78, 5) is 0. The molecule has 0 radical (unpaired) electrons. The van der Waals surface area contributed by atoms with E-state index in [4.69, 9.17) is 0 Å². The maximum absolute atomic E-state index is 3.79. The number of hydrogen-bond donors (Lipinski definition) is 1. The average Bonchev–Trinajstić information content (AvgIpc) is 2.74. The Morgan fingerprint density at radius 2 is 1.75 bits per heavy atom. The molecule has 1 aliphatic rings. The Labute approximate surface area is 125 Å². The highest BCUT2D eigenvalue weighted by atomic mass is 14.9. The number of rotatable bonds is 7. The summed E-state index contributed by atoms with van der Waals surface area (Å²) in [6, 6.07) is 11.7. The van der Waals surface area contributed by atoms with E-state index in [9.17, 15) is 0 Å². The molecule has 20 heavy (non-hydrogen) atoms. The van der Waals surface area contributed by atoms with Gasteiger partial charge >= 0.3 is 0 Å². The summed E-state index contributed by atoms with van der Waals surface area (Å²) in [6.07, 6.45) is 12.5. The molecule has 0 amide bonds. The molecule has 112 valence electrons. The highest BCUT2D eigenvalue weighted by molar-refractivity contribution is 5.15. The van der Waals surface area contributed by atoms with Crippen LogP contribution in [0.5, 0.6) is 0 Å². The zero-order valence-electron chi connectivity index (χ0n) is 13.1. The molecule has 1 saturated carbocycles. The molecule has 1 N–H and O–H groups in total. The van der Waals surface area contributed by atoms with E-state index in [0.717, 1.165) is 12.5 Å². The van der Waals surface area contributed by atoms with Gasteiger partial charge in [0.25, 0.3) is 0 Å². The third-order valence-corrected chi connectivity index (χ3v) is 4.60. The second-order valence-corrected chi connectivity index (χ2v) is 6.43. The lowest BCUT2D eigenvalue weighted by Gasteiger charge is -2.24. The van der Waals surface area contributed by atoms with Gasteiger partial charge in [-0.2, -0.15) is 0 Å². The van der Waals surface area contributed by atoms with E-state index in [-0.39, 0.29) is 0 Å². The Balaban J connectivity index is 1.88. The zero-order valence-corrected chi connectivity index (χ0v) is 13.1. The molecule has 0 bridgehead atoms. The van der Waals surface area contributed by atoms with Crippen LogP contribution in [0.25, 0.3) is 0 Å². The summed E-state index contributed by atoms with van der Waals surface area (Å²) in [6.45, 7) is 3.42. The lowest BCUT2D eigenvalue weighted by molar-refractivity contribution is 0.349. The van der Waals surface area contributed by atoms with Crippen LogP contribution in [0.4, 0.5) is 0 Å². The maximum atomic E-state index is 3.79. The molecule has 0 saturated heterocycles. The molecule has 1 fully saturated rings. The molecule has 1 aromatic rings. The van der Waals surface area contributed by atoms with Gasteiger partial charge in [-0.25, -0.2) is 0 Å². The molecule has 1 heteroatoms. The predicted molar refractivity (Wildman–Crippen MR) is 88.0 cm³/mol. The first-order valence-corrected chi connectivity index (χ1v) is 8.65. The van der Waals surface area contributed by atoms with Crippen LogP contribution in [0.1, 0.15) is 63.9 Å². The van der Waals surface area contributed by atoms with Gasteiger partial charge in [0, 0.05) is 6.04 Å². The topological polar surface area (TPSA) is 12.0 Å². The largest absolute Gasteiger partial charge is 0.314 e. The first-order chi connectivity index (χ1) is 9.88. The van der Waals surface area contributed by atoms with E-state index in [1.807, 2.05) is 0 Å². The van der Waals surface area contributed by atoms with Crippen LogP contribution in [0, 0.1) is 5.92 Å². The second-order valence-electron chi connectivity index (χ2n) is 6.43. The van der Waals surface area contributed by atoms with Crippen LogP contribution in [0.2, 0.25) is 0 Å². The Bertz CT molecular complexity index is 338. The van der Waals surface area contributed by atoms with Gasteiger partial charge in [-0.15, -0.1) is 0 Å². The number of hydrogen-bond acceptors (Lipinski definition) is 1. The first kappa shape index (κ1) is 15.6. The number of nitrogens with one attached hydrogen (secondary N) is 1. The Morgan fingerprint density at radius 1 is 1.05 bits per heavy atom. The second kappa shape index (κ2) is 9.18. The van der Waals surface area contributed by atoms with Gasteiger partial charge in [-0.05, 0) is 37.3 Å². The predicted octanol–water partition coefficient (Wildman–Crippen LogP) is 4.96. The van der Waals surface area contributed by atoms with Crippen molar-refractivity contribution in [3.05, 3.63) is 35.9 Å². The molecule has 1 aliphatic carbocycles. The fraction of sp³-hybridized carbons (Fsp3) is 0.684. The molecule has 0 aromatic heterocycles. The van der Waals surface area contributed by atoms with Gasteiger partial charge in [0.2, 0.25) is 0 Å². The van der Waals surface area contributed by atoms with Gasteiger partial charge < -0.3 is 5.32 Å². The van der Waals surface area contributed by atoms with Crippen LogP contribution < -0.4 is 5.32 Å². The molecule has 1 unspecified atom stereocenters. The van der Waals surface area contributed by atoms with Crippen molar-refractivity contribution in [3.8, 4) is 0 Å². The van der Waals surface area contributed by atoms with Gasteiger partial charge in [-0.1, -0.05) is 75.8 Å². The molecular weight excluding hydrogens is 242 g/mol. The Kier molecular flexibility index (Phi) is 7.14. The minimum atomic E-state index is 0.667. The summed E-state index contributed by atoms with van der Waals surface area (Å²) < 4.78 is 0. The van der Waals surface area contributed by atoms with E-state index in [1.165, 1.54) is 63.4 Å². The smallest absolute Gasteiger partial charge is 0.0110 e. The van der Waals surface area contributed by atoms with E-state index in [0.29, 0.717) is 6.04 Å². The van der Waals surface area contributed by atoms with Crippen molar-refractivity contribution in [3.63, 3.8) is 0 Å². The van der Waals surface area contributed by atoms with Crippen LogP contribution in [-0.4, -0.2) is 12.6 Å². The van der Waals surface area contributed by atoms with E-state index >= 15 is 0 Å². The normalized spacial score (nSPS) is 18.6. The minimum Gasteiger partial charge on any atom is -0.314 e. The highest BCUT2D eigenvalue weighted by Gasteiger charge is 2.18. The average molecular weight is 273 g/mol. The van der Waals surface area contributed by atoms with Crippen LogP contribution in [0.3, 0.4) is 0 Å². The molecule has 2 rings (SSSR count). The van der Waals surface area contributed by atoms with Gasteiger partial charge in [-0.3, -0.25) is 0 Å². The van der Waals surface area contributed by atoms with Crippen LogP contribution >= 0.6 is 0 Å². The molecule has 1 nitrogen and oxygen atoms in total. The Morgan fingerprint density at radius 3 is 2.40 bits per heavy atom. The van der Waals surface area contributed by atoms with Crippen molar-refractivity contribution >= 4 is 0 Å². The molecule has 1 aromatic carbocycles. The standard InChI is InChI=1S/C19H31N/c1-2-14-20-19(16-18-12-8-5-9-13-18)15-17-10-6-3-4-7-11-17/h5,8-9,12-13,17,19-20H,2-4,6-7,10-11,14-16H2,1H3. The van der Waals surface area contributed by atoms with Crippen molar-refractivity contribution in [2.45, 2.75) is 70.8 Å². The van der Waals surface area contributed by atoms with Crippen molar-refractivity contribution < 1.29 is 0 Å². The molecule has 0 spiro atoms. The SMILES string of the molecule is CCCNC(Cc1ccccc1)CC1CCCCCC1. The first-order valence-electron chi connectivity index (χ1n) is 8.65. The highest BCUT2D eigenvalue weighted by Crippen LogP contribution is 2.27. The third kappa shape index (κ3) is 5.66. The zero-order chi connectivity index (χ0) is 14.0. The van der Waals surface area contributed by atoms with E-state index in [2.05, 4.69) is 42.6 Å². The molecule has 0 heterocycles. The minimum absolute atomic E-state index is 0.667. The van der Waals surface area contributed by atoms with Crippen molar-refractivity contribution in [2.75, 3.05) is 6.54 Å². The van der Waals surface area contributed by atoms with Gasteiger partial charge in [0.15, 0.2) is 0 Å². The molecule has 1 atom stereocenters. The summed E-state index contributed by atoms with van der Waals surface area (Å²) in [5.74, 6) is 0.954. The fourth-order valence-corrected chi connectivity index (χ4v) is 3.49. The van der Waals surface area contributed by atoms with Crippen molar-refractivity contribution in [2.24, 2.45) is 5.92 Å². The van der Waals surface area contributed by atoms with Crippen molar-refractivity contribution in [1.29, 1.82) is 0 Å². The summed E-state index contributed by atoms with van der Waals surface area (Å²) in [7, 11) is 0. The quantitative estimate of drug-likeness (QED) is 0.693. The molecular formula is C19H31N. The fourth-order valence-electron chi connectivity index (χ4n) is 3.49. The summed E-state index contributed by atoms with van der Waals surface area (Å²) in [5, 5.41) is 3.79. The van der Waals surface area contributed by atoms with Gasteiger partial charge in [0.1, 0.15) is 0 Å². The molecule has 0 aliphatic heterocycles. The maximum Gasteiger partial charge on any atom is 0.0110 e. The summed E-state index contributed by atoms with van der Waals surface area (Å²) >= 11 is 0. The third-order valence-electron chi connectivity index (χ3n) is 4.60. The van der Waals surface area contributed by atoms with Crippen LogP contribution in [-0.2, 0) is 6.42 Å². The van der Waals surface area contributed by atoms with Crippen LogP contribution in [0.15, 0.2) is 30.3 Å². The van der Waals surface area contributed by atoms with Crippen molar-refractivity contribution in [1.82, 2.24) is 5.32 Å². The monoisotopic (exact) mass is 273 g/mol. The Hall–Kier alpha value is -0.820. The lowest BCUT2D eigenvalue weighted by atomic mass is 9.90. The summed E-state index contributed by atoms with van der Waals surface area (Å²) in [5.41, 5.74) is 1.48. The van der Waals surface area contributed by atoms with E-state index < -0.39 is 0 Å².